The Morgan fingerprint density at radius 1 is 1.56 bits per heavy atom. The smallest absolute Gasteiger partial charge is 0.259 e. The van der Waals surface area contributed by atoms with Gasteiger partial charge in [0, 0.05) is 31.7 Å². The van der Waals surface area contributed by atoms with E-state index in [1.54, 1.807) is 22.7 Å². The van der Waals surface area contributed by atoms with Gasteiger partial charge in [0.25, 0.3) is 5.91 Å². The number of likely N-dealkylation sites (tertiary alicyclic amines) is 1. The molecule has 2 aromatic heterocycles. The molecule has 2 aromatic rings. The Balaban J connectivity index is 1.56. The van der Waals surface area contributed by atoms with E-state index in [4.69, 9.17) is 4.52 Å². The van der Waals surface area contributed by atoms with Crippen LogP contribution in [0.1, 0.15) is 16.1 Å². The van der Waals surface area contributed by atoms with Gasteiger partial charge in [0.1, 0.15) is 11.3 Å². The van der Waals surface area contributed by atoms with Gasteiger partial charge in [-0.25, -0.2) is 0 Å². The van der Waals surface area contributed by atoms with Crippen molar-refractivity contribution in [3.8, 4) is 0 Å². The summed E-state index contributed by atoms with van der Waals surface area (Å²) in [7, 11) is 0. The van der Waals surface area contributed by atoms with Crippen LogP contribution in [0, 0.1) is 12.8 Å². The van der Waals surface area contributed by atoms with Gasteiger partial charge in [0.2, 0.25) is 0 Å². The fourth-order valence-corrected chi connectivity index (χ4v) is 2.12. The molecule has 18 heavy (non-hydrogen) atoms. The molecule has 7 nitrogen and oxygen atoms in total. The first-order chi connectivity index (χ1) is 8.74. The average Bonchev–Trinajstić information content (AvgIpc) is 2.93. The third kappa shape index (κ3) is 1.87. The molecule has 0 aromatic carbocycles. The Morgan fingerprint density at radius 2 is 2.39 bits per heavy atom. The summed E-state index contributed by atoms with van der Waals surface area (Å²) in [5.74, 6) is 0.999. The second kappa shape index (κ2) is 4.25. The number of aryl methyl sites for hydroxylation is 1. The quantitative estimate of drug-likeness (QED) is 0.782. The minimum atomic E-state index is -0.0106. The Morgan fingerprint density at radius 3 is 3.00 bits per heavy atom. The van der Waals surface area contributed by atoms with Crippen molar-refractivity contribution in [2.45, 2.75) is 13.5 Å². The molecule has 1 amide bonds. The van der Waals surface area contributed by atoms with Crippen LogP contribution in [-0.4, -0.2) is 44.0 Å². The summed E-state index contributed by atoms with van der Waals surface area (Å²) < 4.78 is 6.69. The molecule has 7 heteroatoms. The predicted molar refractivity (Wildman–Crippen MR) is 60.7 cm³/mol. The average molecular weight is 247 g/mol. The van der Waals surface area contributed by atoms with E-state index in [1.807, 2.05) is 6.20 Å². The molecule has 0 N–H and O–H groups in total. The second-order valence-corrected chi connectivity index (χ2v) is 4.50. The highest BCUT2D eigenvalue weighted by Crippen LogP contribution is 2.21. The molecule has 0 atom stereocenters. The molecular formula is C11H13N5O2. The first-order valence-electron chi connectivity index (χ1n) is 5.78. The lowest BCUT2D eigenvalue weighted by molar-refractivity contribution is 0.0458. The van der Waals surface area contributed by atoms with Crippen LogP contribution in [0.15, 0.2) is 23.1 Å². The number of hydrogen-bond donors (Lipinski definition) is 0. The topological polar surface area (TPSA) is 77.0 Å². The maximum absolute atomic E-state index is 12.0. The number of hydrogen-bond acceptors (Lipinski definition) is 5. The van der Waals surface area contributed by atoms with Crippen LogP contribution in [0.5, 0.6) is 0 Å². The summed E-state index contributed by atoms with van der Waals surface area (Å²) in [5, 5.41) is 11.3. The SMILES string of the molecule is Cc1oncc1C(=O)N1CC(Cn2ccnn2)C1. The molecule has 0 aliphatic carbocycles. The van der Waals surface area contributed by atoms with Crippen LogP contribution in [0.25, 0.3) is 0 Å². The minimum absolute atomic E-state index is 0.0106. The van der Waals surface area contributed by atoms with E-state index in [2.05, 4.69) is 15.5 Å². The van der Waals surface area contributed by atoms with Crippen LogP contribution < -0.4 is 0 Å². The van der Waals surface area contributed by atoms with E-state index < -0.39 is 0 Å². The molecular weight excluding hydrogens is 234 g/mol. The number of amides is 1. The molecule has 3 rings (SSSR count). The van der Waals surface area contributed by atoms with Crippen molar-refractivity contribution in [1.29, 1.82) is 0 Å². The number of rotatable bonds is 3. The Kier molecular flexibility index (Phi) is 2.58. The molecule has 3 heterocycles. The van der Waals surface area contributed by atoms with Crippen molar-refractivity contribution >= 4 is 5.91 Å². The van der Waals surface area contributed by atoms with E-state index in [0.29, 0.717) is 17.2 Å². The van der Waals surface area contributed by atoms with Crippen molar-refractivity contribution in [2.24, 2.45) is 5.92 Å². The van der Waals surface area contributed by atoms with Crippen LogP contribution in [0.4, 0.5) is 0 Å². The van der Waals surface area contributed by atoms with E-state index in [9.17, 15) is 4.79 Å². The summed E-state index contributed by atoms with van der Waals surface area (Å²) in [6.45, 7) is 4.02. The predicted octanol–water partition coefficient (Wildman–Crippen LogP) is 0.347. The van der Waals surface area contributed by atoms with E-state index in [-0.39, 0.29) is 5.91 Å². The highest BCUT2D eigenvalue weighted by atomic mass is 16.5. The Hall–Kier alpha value is -2.18. The molecule has 1 saturated heterocycles. The maximum Gasteiger partial charge on any atom is 0.259 e. The first kappa shape index (κ1) is 10.9. The maximum atomic E-state index is 12.0. The molecule has 94 valence electrons. The standard InChI is InChI=1S/C11H13N5O2/c1-8-10(4-13-18-8)11(17)15-5-9(6-15)7-16-3-2-12-14-16/h2-4,9H,5-7H2,1H3. The zero-order valence-corrected chi connectivity index (χ0v) is 9.98. The van der Waals surface area contributed by atoms with Crippen molar-refractivity contribution in [2.75, 3.05) is 13.1 Å². The fourth-order valence-electron chi connectivity index (χ4n) is 2.12. The number of carbonyl (C=O) groups excluding carboxylic acids is 1. The Bertz CT molecular complexity index is 542. The van der Waals surface area contributed by atoms with Gasteiger partial charge in [0.15, 0.2) is 0 Å². The number of nitrogens with zero attached hydrogens (tertiary/aromatic N) is 5. The van der Waals surface area contributed by atoms with Gasteiger partial charge in [0.05, 0.1) is 12.4 Å². The highest BCUT2D eigenvalue weighted by Gasteiger charge is 2.32. The van der Waals surface area contributed by atoms with Crippen LogP contribution >= 0.6 is 0 Å². The normalized spacial score (nSPS) is 15.7. The third-order valence-electron chi connectivity index (χ3n) is 3.14. The summed E-state index contributed by atoms with van der Waals surface area (Å²) in [4.78, 5) is 13.8. The van der Waals surface area contributed by atoms with Gasteiger partial charge < -0.3 is 9.42 Å². The number of aromatic nitrogens is 4. The van der Waals surface area contributed by atoms with Crippen LogP contribution in [0.3, 0.4) is 0 Å². The lowest BCUT2D eigenvalue weighted by atomic mass is 9.99. The van der Waals surface area contributed by atoms with E-state index in [1.165, 1.54) is 6.20 Å². The second-order valence-electron chi connectivity index (χ2n) is 4.50. The van der Waals surface area contributed by atoms with Gasteiger partial charge >= 0.3 is 0 Å². The van der Waals surface area contributed by atoms with Crippen molar-refractivity contribution in [3.05, 3.63) is 29.9 Å². The molecule has 0 unspecified atom stereocenters. The van der Waals surface area contributed by atoms with Crippen LogP contribution in [-0.2, 0) is 6.54 Å². The lowest BCUT2D eigenvalue weighted by Crippen LogP contribution is -2.51. The molecule has 0 saturated carbocycles. The van der Waals surface area contributed by atoms with Crippen LogP contribution in [0.2, 0.25) is 0 Å². The summed E-state index contributed by atoms with van der Waals surface area (Å²) in [6.07, 6.45) is 4.96. The van der Waals surface area contributed by atoms with Gasteiger partial charge in [-0.15, -0.1) is 5.10 Å². The Labute approximate surface area is 103 Å². The molecule has 0 radical (unpaired) electrons. The molecule has 1 aliphatic heterocycles. The van der Waals surface area contributed by atoms with E-state index in [0.717, 1.165) is 19.6 Å². The lowest BCUT2D eigenvalue weighted by Gasteiger charge is -2.38. The largest absolute Gasteiger partial charge is 0.361 e. The van der Waals surface area contributed by atoms with Crippen molar-refractivity contribution in [3.63, 3.8) is 0 Å². The molecule has 0 bridgehead atoms. The minimum Gasteiger partial charge on any atom is -0.361 e. The van der Waals surface area contributed by atoms with Gasteiger partial charge in [-0.05, 0) is 6.92 Å². The van der Waals surface area contributed by atoms with Crippen molar-refractivity contribution in [1.82, 2.24) is 25.1 Å². The molecule has 1 aliphatic rings. The van der Waals surface area contributed by atoms with Gasteiger partial charge in [-0.1, -0.05) is 10.4 Å². The fraction of sp³-hybridized carbons (Fsp3) is 0.455. The highest BCUT2D eigenvalue weighted by molar-refractivity contribution is 5.95. The summed E-state index contributed by atoms with van der Waals surface area (Å²) >= 11 is 0. The summed E-state index contributed by atoms with van der Waals surface area (Å²) in [6, 6.07) is 0. The third-order valence-corrected chi connectivity index (χ3v) is 3.14. The number of carbonyl (C=O) groups is 1. The molecule has 1 fully saturated rings. The van der Waals surface area contributed by atoms with Gasteiger partial charge in [-0.3, -0.25) is 9.48 Å². The summed E-state index contributed by atoms with van der Waals surface area (Å²) in [5.41, 5.74) is 0.550. The first-order valence-corrected chi connectivity index (χ1v) is 5.78. The molecule has 0 spiro atoms. The van der Waals surface area contributed by atoms with Crippen molar-refractivity contribution < 1.29 is 9.32 Å². The zero-order chi connectivity index (χ0) is 12.5. The van der Waals surface area contributed by atoms with E-state index >= 15 is 0 Å². The zero-order valence-electron chi connectivity index (χ0n) is 9.98. The van der Waals surface area contributed by atoms with Gasteiger partial charge in [-0.2, -0.15) is 0 Å². The monoisotopic (exact) mass is 247 g/mol.